The van der Waals surface area contributed by atoms with Crippen molar-refractivity contribution in [1.29, 1.82) is 0 Å². The molecular formula is C24H48N2O. The van der Waals surface area contributed by atoms with Gasteiger partial charge in [-0.25, -0.2) is 0 Å². The summed E-state index contributed by atoms with van der Waals surface area (Å²) in [5.74, 6) is 1.74. The molecule has 3 nitrogen and oxygen atoms in total. The smallest absolute Gasteiger partial charge is 0.0605 e. The average Bonchev–Trinajstić information content (AvgIpc) is 2.65. The zero-order valence-electron chi connectivity index (χ0n) is 18.7. The number of likely N-dealkylation sites (tertiary alicyclic amines) is 1. The minimum Gasteiger partial charge on any atom is -0.378 e. The topological polar surface area (TPSA) is 24.5 Å². The third kappa shape index (κ3) is 9.28. The number of hydrogen-bond acceptors (Lipinski definition) is 3. The second-order valence-electron chi connectivity index (χ2n) is 9.37. The number of rotatable bonds is 15. The normalized spacial score (nSPS) is 25.4. The van der Waals surface area contributed by atoms with E-state index in [-0.39, 0.29) is 0 Å². The average molecular weight is 381 g/mol. The molecule has 2 aliphatic rings. The van der Waals surface area contributed by atoms with Crippen LogP contribution in [0.4, 0.5) is 0 Å². The van der Waals surface area contributed by atoms with E-state index in [4.69, 9.17) is 4.74 Å². The van der Waals surface area contributed by atoms with Gasteiger partial charge in [0.25, 0.3) is 0 Å². The molecule has 0 radical (unpaired) electrons. The minimum absolute atomic E-state index is 0.534. The Morgan fingerprint density at radius 2 is 1.56 bits per heavy atom. The Morgan fingerprint density at radius 1 is 0.926 bits per heavy atom. The van der Waals surface area contributed by atoms with Crippen LogP contribution in [0.5, 0.6) is 0 Å². The van der Waals surface area contributed by atoms with Crippen LogP contribution in [0.15, 0.2) is 0 Å². The summed E-state index contributed by atoms with van der Waals surface area (Å²) >= 11 is 0. The first kappa shape index (κ1) is 23.2. The van der Waals surface area contributed by atoms with Crippen LogP contribution >= 0.6 is 0 Å². The molecule has 27 heavy (non-hydrogen) atoms. The molecule has 1 saturated heterocycles. The van der Waals surface area contributed by atoms with Crippen LogP contribution in [0.1, 0.15) is 97.3 Å². The Kier molecular flexibility index (Phi) is 12.0. The molecule has 160 valence electrons. The fourth-order valence-electron chi connectivity index (χ4n) is 4.78. The van der Waals surface area contributed by atoms with Crippen LogP contribution in [0.2, 0.25) is 0 Å². The summed E-state index contributed by atoms with van der Waals surface area (Å²) in [5.41, 5.74) is 0. The van der Waals surface area contributed by atoms with Gasteiger partial charge in [-0.15, -0.1) is 0 Å². The van der Waals surface area contributed by atoms with Gasteiger partial charge in [0.15, 0.2) is 0 Å². The van der Waals surface area contributed by atoms with Crippen molar-refractivity contribution < 1.29 is 4.74 Å². The summed E-state index contributed by atoms with van der Waals surface area (Å²) in [6.45, 7) is 9.61. The molecule has 3 heteroatoms. The van der Waals surface area contributed by atoms with E-state index in [1.54, 1.807) is 0 Å². The largest absolute Gasteiger partial charge is 0.378 e. The number of nitrogens with one attached hydrogen (secondary N) is 1. The maximum Gasteiger partial charge on any atom is 0.0605 e. The Balaban J connectivity index is 1.59. The maximum absolute atomic E-state index is 6.15. The summed E-state index contributed by atoms with van der Waals surface area (Å²) in [7, 11) is 2.07. The third-order valence-corrected chi connectivity index (χ3v) is 6.98. The van der Waals surface area contributed by atoms with E-state index in [9.17, 15) is 0 Å². The number of hydrogen-bond donors (Lipinski definition) is 1. The van der Waals surface area contributed by atoms with Gasteiger partial charge in [-0.1, -0.05) is 58.8 Å². The second kappa shape index (κ2) is 14.0. The standard InChI is InChI=1S/C24H48N2O/c1-4-6-8-10-12-21(11-9-7-5-2)19-26-15-13-22(14-16-26)20-27-24-17-23(18-24)25-3/h21-25H,4-20H2,1-3H3. The van der Waals surface area contributed by atoms with Gasteiger partial charge in [-0.05, 0) is 70.5 Å². The van der Waals surface area contributed by atoms with Gasteiger partial charge in [0, 0.05) is 19.2 Å². The van der Waals surface area contributed by atoms with Crippen molar-refractivity contribution in [2.75, 3.05) is 33.3 Å². The third-order valence-electron chi connectivity index (χ3n) is 6.98. The molecule has 1 aliphatic carbocycles. The van der Waals surface area contributed by atoms with Crippen molar-refractivity contribution in [3.63, 3.8) is 0 Å². The second-order valence-corrected chi connectivity index (χ2v) is 9.37. The van der Waals surface area contributed by atoms with Crippen molar-refractivity contribution in [3.8, 4) is 0 Å². The number of nitrogens with zero attached hydrogens (tertiary/aromatic N) is 1. The lowest BCUT2D eigenvalue weighted by Gasteiger charge is -2.38. The molecule has 1 unspecified atom stereocenters. The Morgan fingerprint density at radius 3 is 2.19 bits per heavy atom. The summed E-state index contributed by atoms with van der Waals surface area (Å²) in [6, 6.07) is 0.707. The first-order valence-corrected chi connectivity index (χ1v) is 12.3. The maximum atomic E-state index is 6.15. The van der Waals surface area contributed by atoms with Gasteiger partial charge in [-0.3, -0.25) is 0 Å². The first-order chi connectivity index (χ1) is 13.2. The highest BCUT2D eigenvalue weighted by Gasteiger charge is 2.30. The molecule has 0 bridgehead atoms. The van der Waals surface area contributed by atoms with Crippen molar-refractivity contribution in [2.45, 2.75) is 109 Å². The van der Waals surface area contributed by atoms with Gasteiger partial charge in [-0.2, -0.15) is 0 Å². The predicted molar refractivity (Wildman–Crippen MR) is 117 cm³/mol. The fourth-order valence-corrected chi connectivity index (χ4v) is 4.78. The highest BCUT2D eigenvalue weighted by molar-refractivity contribution is 4.85. The molecule has 1 aliphatic heterocycles. The zero-order chi connectivity index (χ0) is 19.3. The molecule has 1 heterocycles. The van der Waals surface area contributed by atoms with Crippen LogP contribution in [0, 0.1) is 11.8 Å². The van der Waals surface area contributed by atoms with Crippen LogP contribution in [0.3, 0.4) is 0 Å². The van der Waals surface area contributed by atoms with Crippen molar-refractivity contribution >= 4 is 0 Å². The van der Waals surface area contributed by atoms with Crippen molar-refractivity contribution in [3.05, 3.63) is 0 Å². The van der Waals surface area contributed by atoms with Gasteiger partial charge in [0.2, 0.25) is 0 Å². The van der Waals surface area contributed by atoms with E-state index >= 15 is 0 Å². The Hall–Kier alpha value is -0.120. The van der Waals surface area contributed by atoms with Crippen molar-refractivity contribution in [2.24, 2.45) is 11.8 Å². The monoisotopic (exact) mass is 380 g/mol. The molecular weight excluding hydrogens is 332 g/mol. The highest BCUT2D eigenvalue weighted by atomic mass is 16.5. The van der Waals surface area contributed by atoms with E-state index in [1.165, 1.54) is 103 Å². The van der Waals surface area contributed by atoms with Crippen LogP contribution in [-0.2, 0) is 4.74 Å². The van der Waals surface area contributed by atoms with Crippen LogP contribution < -0.4 is 5.32 Å². The summed E-state index contributed by atoms with van der Waals surface area (Å²) in [6.07, 6.45) is 18.4. The number of unbranched alkanes of at least 4 members (excludes halogenated alkanes) is 5. The van der Waals surface area contributed by atoms with E-state index < -0.39 is 0 Å². The molecule has 1 atom stereocenters. The van der Waals surface area contributed by atoms with Gasteiger partial charge >= 0.3 is 0 Å². The summed E-state index contributed by atoms with van der Waals surface area (Å²) in [4.78, 5) is 2.77. The van der Waals surface area contributed by atoms with Crippen LogP contribution in [-0.4, -0.2) is 50.3 Å². The fraction of sp³-hybridized carbons (Fsp3) is 1.00. The predicted octanol–water partition coefficient (Wildman–Crippen LogP) is 5.63. The van der Waals surface area contributed by atoms with E-state index in [1.807, 2.05) is 0 Å². The molecule has 0 aromatic rings. The minimum atomic E-state index is 0.534. The van der Waals surface area contributed by atoms with Crippen molar-refractivity contribution in [1.82, 2.24) is 10.2 Å². The lowest BCUT2D eigenvalue weighted by Crippen LogP contribution is -2.45. The molecule has 0 spiro atoms. The van der Waals surface area contributed by atoms with E-state index in [0.29, 0.717) is 12.1 Å². The van der Waals surface area contributed by atoms with Gasteiger partial charge < -0.3 is 15.0 Å². The molecule has 0 aromatic carbocycles. The highest BCUT2D eigenvalue weighted by Crippen LogP contribution is 2.27. The van der Waals surface area contributed by atoms with E-state index in [0.717, 1.165) is 18.4 Å². The first-order valence-electron chi connectivity index (χ1n) is 12.3. The summed E-state index contributed by atoms with van der Waals surface area (Å²) < 4.78 is 6.15. The molecule has 2 fully saturated rings. The Labute approximate surface area is 170 Å². The lowest BCUT2D eigenvalue weighted by atomic mass is 9.89. The SMILES string of the molecule is CCCCCCC(CCCCC)CN1CCC(COC2CC(NC)C2)CC1. The number of piperidine rings is 1. The molecule has 1 N–H and O–H groups in total. The molecule has 1 saturated carbocycles. The zero-order valence-corrected chi connectivity index (χ0v) is 18.7. The van der Waals surface area contributed by atoms with Gasteiger partial charge in [0.1, 0.15) is 0 Å². The molecule has 0 amide bonds. The van der Waals surface area contributed by atoms with E-state index in [2.05, 4.69) is 31.1 Å². The number of ether oxygens (including phenoxy) is 1. The quantitative estimate of drug-likeness (QED) is 0.372. The molecule has 0 aromatic heterocycles. The lowest BCUT2D eigenvalue weighted by molar-refractivity contribution is -0.0397. The summed E-state index contributed by atoms with van der Waals surface area (Å²) in [5, 5.41) is 3.35. The molecule has 2 rings (SSSR count). The van der Waals surface area contributed by atoms with Gasteiger partial charge in [0.05, 0.1) is 6.10 Å². The Bertz CT molecular complexity index is 348. The van der Waals surface area contributed by atoms with Crippen LogP contribution in [0.25, 0.3) is 0 Å².